The molecule has 0 aliphatic heterocycles. The Morgan fingerprint density at radius 3 is 2.69 bits per heavy atom. The summed E-state index contributed by atoms with van der Waals surface area (Å²) in [4.78, 5) is 22.1. The number of benzene rings is 1. The van der Waals surface area contributed by atoms with Crippen LogP contribution < -0.4 is 10.6 Å². The first-order valence-electron chi connectivity index (χ1n) is 4.63. The molecule has 0 saturated heterocycles. The molecule has 3 N–H and O–H groups in total. The highest BCUT2D eigenvalue weighted by Crippen LogP contribution is 2.25. The second kappa shape index (κ2) is 5.37. The zero-order chi connectivity index (χ0) is 12.1. The maximum Gasteiger partial charge on any atom is 0.337 e. The first kappa shape index (κ1) is 12.3. The van der Waals surface area contributed by atoms with Crippen molar-refractivity contribution >= 4 is 29.3 Å². The van der Waals surface area contributed by atoms with Crippen molar-refractivity contribution < 1.29 is 14.7 Å². The Kier molecular flexibility index (Phi) is 4.13. The van der Waals surface area contributed by atoms with E-state index in [1.807, 2.05) is 0 Å². The van der Waals surface area contributed by atoms with E-state index in [9.17, 15) is 9.59 Å². The third kappa shape index (κ3) is 2.87. The van der Waals surface area contributed by atoms with Crippen molar-refractivity contribution in [2.75, 3.05) is 11.9 Å². The number of carboxylic acids is 1. The van der Waals surface area contributed by atoms with Crippen molar-refractivity contribution in [2.24, 2.45) is 0 Å². The number of carbonyl (C=O) groups excluding carboxylic acids is 1. The number of carboxylic acid groups (broad SMARTS) is 1. The van der Waals surface area contributed by atoms with Crippen molar-refractivity contribution in [3.05, 3.63) is 28.8 Å². The van der Waals surface area contributed by atoms with Gasteiger partial charge in [-0.2, -0.15) is 0 Å². The second-order valence-corrected chi connectivity index (χ2v) is 3.36. The second-order valence-electron chi connectivity index (χ2n) is 2.95. The monoisotopic (exact) mass is 242 g/mol. The lowest BCUT2D eigenvalue weighted by atomic mass is 10.2. The van der Waals surface area contributed by atoms with E-state index < -0.39 is 12.0 Å². The van der Waals surface area contributed by atoms with Crippen LogP contribution in [-0.2, 0) is 0 Å². The van der Waals surface area contributed by atoms with Crippen LogP contribution in [0, 0.1) is 0 Å². The summed E-state index contributed by atoms with van der Waals surface area (Å²) in [5, 5.41) is 14.0. The number of para-hydroxylation sites is 1. The Bertz CT molecular complexity index is 421. The van der Waals surface area contributed by atoms with Gasteiger partial charge < -0.3 is 15.7 Å². The molecular weight excluding hydrogens is 232 g/mol. The van der Waals surface area contributed by atoms with E-state index >= 15 is 0 Å². The number of nitrogens with one attached hydrogen (secondary N) is 2. The van der Waals surface area contributed by atoms with Crippen molar-refractivity contribution in [3.63, 3.8) is 0 Å². The normalized spacial score (nSPS) is 9.62. The van der Waals surface area contributed by atoms with Gasteiger partial charge in [0.1, 0.15) is 0 Å². The standard InChI is InChI=1S/C10H11ClN2O3/c1-2-12-10(16)13-8-6(9(14)15)4-3-5-7(8)11/h3-5H,2H2,1H3,(H,14,15)(H2,12,13,16). The van der Waals surface area contributed by atoms with E-state index in [0.29, 0.717) is 6.54 Å². The zero-order valence-electron chi connectivity index (χ0n) is 8.58. The molecule has 0 radical (unpaired) electrons. The van der Waals surface area contributed by atoms with Gasteiger partial charge >= 0.3 is 12.0 Å². The number of hydrogen-bond acceptors (Lipinski definition) is 2. The molecule has 0 unspecified atom stereocenters. The molecule has 6 heteroatoms. The number of rotatable bonds is 3. The molecule has 5 nitrogen and oxygen atoms in total. The lowest BCUT2D eigenvalue weighted by Gasteiger charge is -2.10. The molecule has 0 atom stereocenters. The molecule has 0 bridgehead atoms. The molecule has 0 spiro atoms. The smallest absolute Gasteiger partial charge is 0.337 e. The minimum Gasteiger partial charge on any atom is -0.478 e. The minimum atomic E-state index is -1.14. The molecule has 0 aliphatic rings. The summed E-state index contributed by atoms with van der Waals surface area (Å²) < 4.78 is 0. The van der Waals surface area contributed by atoms with E-state index in [1.165, 1.54) is 18.2 Å². The third-order valence-corrected chi connectivity index (χ3v) is 2.13. The largest absolute Gasteiger partial charge is 0.478 e. The van der Waals surface area contributed by atoms with Crippen LogP contribution in [0.4, 0.5) is 10.5 Å². The van der Waals surface area contributed by atoms with Crippen LogP contribution in [0.3, 0.4) is 0 Å². The minimum absolute atomic E-state index is 0.0428. The summed E-state index contributed by atoms with van der Waals surface area (Å²) >= 11 is 5.81. The van der Waals surface area contributed by atoms with E-state index in [2.05, 4.69) is 10.6 Å². The van der Waals surface area contributed by atoms with Crippen LogP contribution in [0.25, 0.3) is 0 Å². The summed E-state index contributed by atoms with van der Waals surface area (Å²) in [7, 11) is 0. The summed E-state index contributed by atoms with van der Waals surface area (Å²) in [5.74, 6) is -1.14. The number of amides is 2. The number of halogens is 1. The van der Waals surface area contributed by atoms with Gasteiger partial charge in [0.05, 0.1) is 16.3 Å². The average Bonchev–Trinajstić information content (AvgIpc) is 2.21. The Morgan fingerprint density at radius 2 is 2.12 bits per heavy atom. The SMILES string of the molecule is CCNC(=O)Nc1c(Cl)cccc1C(=O)O. The topological polar surface area (TPSA) is 78.4 Å². The zero-order valence-corrected chi connectivity index (χ0v) is 9.34. The number of anilines is 1. The van der Waals surface area contributed by atoms with Gasteiger partial charge in [0.15, 0.2) is 0 Å². The predicted octanol–water partition coefficient (Wildman–Crippen LogP) is 2.18. The fourth-order valence-corrected chi connectivity index (χ4v) is 1.37. The van der Waals surface area contributed by atoms with Gasteiger partial charge in [-0.05, 0) is 19.1 Å². The van der Waals surface area contributed by atoms with Gasteiger partial charge in [-0.15, -0.1) is 0 Å². The van der Waals surface area contributed by atoms with Crippen LogP contribution in [0.2, 0.25) is 5.02 Å². The molecule has 0 heterocycles. The van der Waals surface area contributed by atoms with Gasteiger partial charge in [-0.1, -0.05) is 17.7 Å². The van der Waals surface area contributed by atoms with E-state index in [0.717, 1.165) is 0 Å². The average molecular weight is 243 g/mol. The molecule has 0 aliphatic carbocycles. The molecule has 1 rings (SSSR count). The van der Waals surface area contributed by atoms with Gasteiger partial charge in [0.2, 0.25) is 0 Å². The third-order valence-electron chi connectivity index (χ3n) is 1.82. The van der Waals surface area contributed by atoms with Crippen LogP contribution in [0.5, 0.6) is 0 Å². The summed E-state index contributed by atoms with van der Waals surface area (Å²) in [6, 6.07) is 3.90. The first-order valence-corrected chi connectivity index (χ1v) is 5.00. The lowest BCUT2D eigenvalue weighted by molar-refractivity contribution is 0.0698. The summed E-state index contributed by atoms with van der Waals surface area (Å²) in [6.45, 7) is 2.20. The molecule has 86 valence electrons. The molecule has 1 aromatic rings. The Balaban J connectivity index is 3.01. The summed E-state index contributed by atoms with van der Waals surface area (Å²) in [5.41, 5.74) is 0.0568. The molecule has 16 heavy (non-hydrogen) atoms. The van der Waals surface area contributed by atoms with Gasteiger partial charge in [0, 0.05) is 6.54 Å². The Labute approximate surface area is 97.4 Å². The molecule has 2 amide bonds. The van der Waals surface area contributed by atoms with Gasteiger partial charge in [-0.3, -0.25) is 0 Å². The highest BCUT2D eigenvalue weighted by atomic mass is 35.5. The van der Waals surface area contributed by atoms with Crippen LogP contribution in [0.15, 0.2) is 18.2 Å². The highest BCUT2D eigenvalue weighted by molar-refractivity contribution is 6.34. The van der Waals surface area contributed by atoms with Gasteiger partial charge in [0.25, 0.3) is 0 Å². The molecule has 1 aromatic carbocycles. The lowest BCUT2D eigenvalue weighted by Crippen LogP contribution is -2.29. The number of hydrogen-bond donors (Lipinski definition) is 3. The Hall–Kier alpha value is -1.75. The van der Waals surface area contributed by atoms with E-state index in [-0.39, 0.29) is 16.3 Å². The highest BCUT2D eigenvalue weighted by Gasteiger charge is 2.14. The number of urea groups is 1. The predicted molar refractivity (Wildman–Crippen MR) is 61.1 cm³/mol. The maximum atomic E-state index is 11.3. The van der Waals surface area contributed by atoms with Crippen molar-refractivity contribution in [1.82, 2.24) is 5.32 Å². The molecular formula is C10H11ClN2O3. The van der Waals surface area contributed by atoms with E-state index in [1.54, 1.807) is 6.92 Å². The molecule has 0 aromatic heterocycles. The van der Waals surface area contributed by atoms with Crippen molar-refractivity contribution in [1.29, 1.82) is 0 Å². The fourth-order valence-electron chi connectivity index (χ4n) is 1.15. The first-order chi connectivity index (χ1) is 7.56. The van der Waals surface area contributed by atoms with Crippen LogP contribution in [0.1, 0.15) is 17.3 Å². The van der Waals surface area contributed by atoms with Crippen molar-refractivity contribution in [2.45, 2.75) is 6.92 Å². The van der Waals surface area contributed by atoms with Crippen LogP contribution >= 0.6 is 11.6 Å². The summed E-state index contributed by atoms with van der Waals surface area (Å²) in [6.07, 6.45) is 0. The van der Waals surface area contributed by atoms with Crippen molar-refractivity contribution in [3.8, 4) is 0 Å². The molecule has 0 saturated carbocycles. The van der Waals surface area contributed by atoms with Crippen LogP contribution in [-0.4, -0.2) is 23.7 Å². The van der Waals surface area contributed by atoms with E-state index in [4.69, 9.17) is 16.7 Å². The molecule has 0 fully saturated rings. The maximum absolute atomic E-state index is 11.3. The quantitative estimate of drug-likeness (QED) is 0.760. The number of aromatic carboxylic acids is 1. The van der Waals surface area contributed by atoms with Gasteiger partial charge in [-0.25, -0.2) is 9.59 Å². The Morgan fingerprint density at radius 1 is 1.44 bits per heavy atom. The number of carbonyl (C=O) groups is 2. The fraction of sp³-hybridized carbons (Fsp3) is 0.200.